The molecule has 1 unspecified atom stereocenters. The Balaban J connectivity index is 1.17. The van der Waals surface area contributed by atoms with E-state index < -0.39 is 51.1 Å². The van der Waals surface area contributed by atoms with Gasteiger partial charge in [0, 0.05) is 35.1 Å². The molecule has 4 atom stereocenters. The molecule has 4 aliphatic rings. The van der Waals surface area contributed by atoms with Crippen molar-refractivity contribution in [1.29, 1.82) is 0 Å². The lowest BCUT2D eigenvalue weighted by Gasteiger charge is -2.42. The van der Waals surface area contributed by atoms with Gasteiger partial charge in [-0.2, -0.15) is 0 Å². The normalized spacial score (nSPS) is 25.8. The van der Waals surface area contributed by atoms with Crippen LogP contribution in [-0.2, 0) is 31.2 Å². The Kier molecular flexibility index (Phi) is 9.95. The summed E-state index contributed by atoms with van der Waals surface area (Å²) in [6.45, 7) is 13.5. The summed E-state index contributed by atoms with van der Waals surface area (Å²) in [5, 5.41) is 3.24. The Morgan fingerprint density at radius 2 is 1.88 bits per heavy atom. The third-order valence-corrected chi connectivity index (χ3v) is 13.5. The molecule has 2 fully saturated rings. The van der Waals surface area contributed by atoms with Crippen LogP contribution in [-0.4, -0.2) is 70.2 Å². The van der Waals surface area contributed by atoms with Gasteiger partial charge in [0.25, 0.3) is 5.91 Å². The number of hydrogen-bond acceptors (Lipinski definition) is 8. The maximum absolute atomic E-state index is 15.0. The van der Waals surface area contributed by atoms with Crippen LogP contribution < -0.4 is 19.7 Å². The lowest BCUT2D eigenvalue weighted by molar-refractivity contribution is 0.00578. The molecule has 0 radical (unpaired) electrons. The van der Waals surface area contributed by atoms with Gasteiger partial charge >= 0.3 is 7.12 Å². The summed E-state index contributed by atoms with van der Waals surface area (Å²) >= 11 is 6.37. The molecule has 1 aliphatic carbocycles. The van der Waals surface area contributed by atoms with E-state index in [0.717, 1.165) is 49.5 Å². The Hall–Kier alpha value is -2.64. The summed E-state index contributed by atoms with van der Waals surface area (Å²) in [4.78, 5) is 15.8. The first-order chi connectivity index (χ1) is 23.0. The Bertz CT molecular complexity index is 1720. The molecule has 2 N–H and O–H groups in total. The van der Waals surface area contributed by atoms with Gasteiger partial charge in [0.15, 0.2) is 0 Å². The zero-order valence-corrected chi connectivity index (χ0v) is 30.8. The molecule has 0 saturated carbocycles. The third-order valence-electron chi connectivity index (χ3n) is 11.4. The topological polar surface area (TPSA) is 106 Å². The summed E-state index contributed by atoms with van der Waals surface area (Å²) in [5.41, 5.74) is 1.23. The van der Waals surface area contributed by atoms with Crippen molar-refractivity contribution in [2.45, 2.75) is 102 Å². The zero-order chi connectivity index (χ0) is 35.4. The summed E-state index contributed by atoms with van der Waals surface area (Å²) in [7, 11) is -5.26. The number of hydrogen-bond donors (Lipinski definition) is 2. The third kappa shape index (κ3) is 7.26. The standard InChI is InChI=1S/C36H48BClFN3O6S/c1-23(9-14-32(39)37-47-34(3,4)35(5,6)48-37)24(2)49(44,45)41-33(43)26-10-13-31-30(19-26)42(20-28-15-17-40-28)21-36(22-46-31)16-7-8-25-18-27(38)11-12-29(25)36/h10-14,18-19,23-24,28,40H,7-9,15-17,20-22H2,1-6H3,(H,41,43)/b32-14-/t23-,24+,28?,36-/m0/s1. The Labute approximate surface area is 295 Å². The molecule has 266 valence electrons. The number of carbonyl (C=O) groups excluding carboxylic acids is 1. The van der Waals surface area contributed by atoms with Gasteiger partial charge < -0.3 is 24.3 Å². The smallest absolute Gasteiger partial charge is 0.490 e. The fourth-order valence-electron chi connectivity index (χ4n) is 7.15. The molecule has 2 saturated heterocycles. The maximum atomic E-state index is 15.0. The molecular weight excluding hydrogens is 668 g/mol. The number of aryl methyl sites for hydroxylation is 1. The van der Waals surface area contributed by atoms with Crippen LogP contribution in [0.25, 0.3) is 0 Å². The molecule has 0 bridgehead atoms. The highest BCUT2D eigenvalue weighted by atomic mass is 35.5. The van der Waals surface area contributed by atoms with Gasteiger partial charge in [0.1, 0.15) is 11.5 Å². The van der Waals surface area contributed by atoms with Crippen molar-refractivity contribution in [3.05, 3.63) is 69.9 Å². The number of sulfonamides is 1. The first-order valence-corrected chi connectivity index (χ1v) is 19.2. The largest absolute Gasteiger partial charge is 0.524 e. The van der Waals surface area contributed by atoms with E-state index in [2.05, 4.69) is 27.1 Å². The van der Waals surface area contributed by atoms with Crippen LogP contribution >= 0.6 is 11.6 Å². The molecule has 1 amide bonds. The van der Waals surface area contributed by atoms with Gasteiger partial charge in [-0.05, 0) is 121 Å². The average Bonchev–Trinajstić information content (AvgIpc) is 3.14. The lowest BCUT2D eigenvalue weighted by atomic mass is 9.70. The van der Waals surface area contributed by atoms with Crippen LogP contribution in [0.2, 0.25) is 5.02 Å². The summed E-state index contributed by atoms with van der Waals surface area (Å²) < 4.78 is 62.2. The van der Waals surface area contributed by atoms with Crippen molar-refractivity contribution < 1.29 is 31.6 Å². The number of allylic oxidation sites excluding steroid dienone is 1. The van der Waals surface area contributed by atoms with Gasteiger partial charge in [-0.15, -0.1) is 0 Å². The highest BCUT2D eigenvalue weighted by Crippen LogP contribution is 2.45. The predicted molar refractivity (Wildman–Crippen MR) is 192 cm³/mol. The second-order valence-electron chi connectivity index (χ2n) is 15.3. The Morgan fingerprint density at radius 1 is 1.16 bits per heavy atom. The molecular formula is C36H48BClFN3O6S. The first-order valence-electron chi connectivity index (χ1n) is 17.3. The molecule has 6 rings (SSSR count). The zero-order valence-electron chi connectivity index (χ0n) is 29.3. The monoisotopic (exact) mass is 715 g/mol. The van der Waals surface area contributed by atoms with Gasteiger partial charge in [0.05, 0.1) is 28.7 Å². The molecule has 2 aromatic carbocycles. The van der Waals surface area contributed by atoms with Crippen molar-refractivity contribution in [1.82, 2.24) is 10.0 Å². The number of ether oxygens (including phenoxy) is 1. The van der Waals surface area contributed by atoms with Crippen LogP contribution in [0, 0.1) is 5.92 Å². The van der Waals surface area contributed by atoms with E-state index in [9.17, 15) is 13.2 Å². The van der Waals surface area contributed by atoms with Crippen molar-refractivity contribution >= 4 is 40.3 Å². The number of carbonyl (C=O) groups is 1. The minimum atomic E-state index is -4.11. The second-order valence-corrected chi connectivity index (χ2v) is 17.8. The maximum Gasteiger partial charge on any atom is 0.524 e. The summed E-state index contributed by atoms with van der Waals surface area (Å²) in [6.07, 6.45) is 5.42. The van der Waals surface area contributed by atoms with Crippen molar-refractivity contribution in [3.8, 4) is 5.75 Å². The number of halogens is 2. The second kappa shape index (κ2) is 13.5. The molecule has 2 aromatic rings. The number of amides is 1. The van der Waals surface area contributed by atoms with Gasteiger partial charge in [-0.1, -0.05) is 30.7 Å². The van der Waals surface area contributed by atoms with Gasteiger partial charge in [-0.25, -0.2) is 17.5 Å². The molecule has 0 aromatic heterocycles. The van der Waals surface area contributed by atoms with E-state index in [1.807, 2.05) is 33.8 Å². The molecule has 49 heavy (non-hydrogen) atoms. The fraction of sp³-hybridized carbons (Fsp3) is 0.583. The summed E-state index contributed by atoms with van der Waals surface area (Å²) in [6, 6.07) is 11.5. The summed E-state index contributed by atoms with van der Waals surface area (Å²) in [5.74, 6) is -0.567. The minimum absolute atomic E-state index is 0.115. The van der Waals surface area contributed by atoms with Crippen molar-refractivity contribution in [2.24, 2.45) is 5.92 Å². The minimum Gasteiger partial charge on any atom is -0.490 e. The van der Waals surface area contributed by atoms with E-state index in [1.54, 1.807) is 25.1 Å². The number of benzene rings is 2. The van der Waals surface area contributed by atoms with Crippen LogP contribution in [0.4, 0.5) is 10.1 Å². The Morgan fingerprint density at radius 3 is 2.55 bits per heavy atom. The number of fused-ring (bicyclic) bond motifs is 3. The van der Waals surface area contributed by atoms with E-state index >= 15 is 4.39 Å². The van der Waals surface area contributed by atoms with Crippen LogP contribution in [0.5, 0.6) is 5.75 Å². The van der Waals surface area contributed by atoms with Gasteiger partial charge in [0.2, 0.25) is 10.0 Å². The highest BCUT2D eigenvalue weighted by molar-refractivity contribution is 7.90. The quantitative estimate of drug-likeness (QED) is 0.299. The van der Waals surface area contributed by atoms with E-state index in [4.69, 9.17) is 25.6 Å². The molecule has 9 nitrogen and oxygen atoms in total. The van der Waals surface area contributed by atoms with E-state index in [1.165, 1.54) is 24.1 Å². The van der Waals surface area contributed by atoms with Crippen LogP contribution in [0.3, 0.4) is 0 Å². The fourth-order valence-corrected chi connectivity index (χ4v) is 8.63. The number of rotatable bonds is 9. The molecule has 13 heteroatoms. The molecule has 1 spiro atoms. The highest BCUT2D eigenvalue weighted by Gasteiger charge is 2.53. The predicted octanol–water partition coefficient (Wildman–Crippen LogP) is 6.13. The SMILES string of the molecule is C[C@H]([C@@H](C)C/C=C(\F)B1OC(C)(C)C(C)(C)O1)S(=O)(=O)NC(=O)c1ccc2c(c1)N(CC1CCN1)C[C@@]1(CCCc3cc(Cl)ccc31)CO2. The van der Waals surface area contributed by atoms with E-state index in [0.29, 0.717) is 24.9 Å². The van der Waals surface area contributed by atoms with Gasteiger partial charge in [-0.3, -0.25) is 4.79 Å². The van der Waals surface area contributed by atoms with E-state index in [-0.39, 0.29) is 17.4 Å². The number of nitrogens with zero attached hydrogens (tertiary/aromatic N) is 1. The molecule has 3 aliphatic heterocycles. The van der Waals surface area contributed by atoms with Crippen LogP contribution in [0.15, 0.2) is 48.2 Å². The van der Waals surface area contributed by atoms with Crippen molar-refractivity contribution in [2.75, 3.05) is 31.1 Å². The van der Waals surface area contributed by atoms with Crippen molar-refractivity contribution in [3.63, 3.8) is 0 Å². The average molecular weight is 716 g/mol. The lowest BCUT2D eigenvalue weighted by Crippen LogP contribution is -2.53. The van der Waals surface area contributed by atoms with Crippen LogP contribution in [0.1, 0.15) is 88.7 Å². The number of anilines is 1. The molecule has 3 heterocycles. The first kappa shape index (κ1) is 36.2. The number of nitrogens with one attached hydrogen (secondary N) is 2.